The smallest absolute Gasteiger partial charge is 0.132 e. The Balaban J connectivity index is 2.33. The van der Waals surface area contributed by atoms with Crippen molar-refractivity contribution < 1.29 is 4.39 Å². The predicted molar refractivity (Wildman–Crippen MR) is 69.3 cm³/mol. The van der Waals surface area contributed by atoms with Crippen LogP contribution in [-0.4, -0.2) is 23.6 Å². The van der Waals surface area contributed by atoms with E-state index in [0.29, 0.717) is 15.9 Å². The van der Waals surface area contributed by atoms with Gasteiger partial charge in [0.1, 0.15) is 21.9 Å². The van der Waals surface area contributed by atoms with Gasteiger partial charge in [0.05, 0.1) is 0 Å². The Morgan fingerprint density at radius 3 is 2.88 bits per heavy atom. The maximum absolute atomic E-state index is 13.6. The number of halogens is 2. The van der Waals surface area contributed by atoms with Crippen molar-refractivity contribution in [3.05, 3.63) is 40.5 Å². The van der Waals surface area contributed by atoms with Gasteiger partial charge >= 0.3 is 0 Å². The summed E-state index contributed by atoms with van der Waals surface area (Å²) in [6.45, 7) is 0.830. The molecule has 0 saturated heterocycles. The summed E-state index contributed by atoms with van der Waals surface area (Å²) in [5.74, 6) is 0.573. The molecular weight excluding hydrogens is 285 g/mol. The lowest BCUT2D eigenvalue weighted by atomic mass is 10.1. The molecule has 0 fully saturated rings. The van der Waals surface area contributed by atoms with E-state index in [2.05, 4.69) is 31.2 Å². The van der Waals surface area contributed by atoms with Crippen molar-refractivity contribution in [2.75, 3.05) is 13.6 Å². The van der Waals surface area contributed by atoms with Gasteiger partial charge in [0.2, 0.25) is 0 Å². The minimum atomic E-state index is -0.264. The van der Waals surface area contributed by atoms with Crippen molar-refractivity contribution in [2.45, 2.75) is 6.42 Å². The SMILES string of the molecule is CNCCc1nc(-c2ccccc2F)c(Br)[nH]1. The molecule has 0 unspecified atom stereocenters. The first-order valence-electron chi connectivity index (χ1n) is 5.36. The summed E-state index contributed by atoms with van der Waals surface area (Å²) in [4.78, 5) is 7.50. The number of nitrogens with one attached hydrogen (secondary N) is 2. The Bertz CT molecular complexity index is 510. The predicted octanol–water partition coefficient (Wildman–Crippen LogP) is 2.74. The minimum Gasteiger partial charge on any atom is -0.336 e. The summed E-state index contributed by atoms with van der Waals surface area (Å²) in [6.07, 6.45) is 0.781. The van der Waals surface area contributed by atoms with E-state index < -0.39 is 0 Å². The second-order valence-electron chi connectivity index (χ2n) is 3.68. The normalized spacial score (nSPS) is 10.8. The van der Waals surface area contributed by atoms with Gasteiger partial charge in [-0.15, -0.1) is 0 Å². The lowest BCUT2D eigenvalue weighted by Crippen LogP contribution is -2.11. The molecule has 2 aromatic rings. The fraction of sp³-hybridized carbons (Fsp3) is 0.250. The van der Waals surface area contributed by atoms with Gasteiger partial charge in [0, 0.05) is 18.5 Å². The number of benzene rings is 1. The fourth-order valence-corrected chi connectivity index (χ4v) is 2.12. The molecule has 0 aliphatic rings. The Labute approximate surface area is 108 Å². The molecule has 5 heteroatoms. The van der Waals surface area contributed by atoms with Crippen LogP contribution >= 0.6 is 15.9 Å². The van der Waals surface area contributed by atoms with E-state index in [1.807, 2.05) is 7.05 Å². The van der Waals surface area contributed by atoms with Gasteiger partial charge in [-0.1, -0.05) is 12.1 Å². The summed E-state index contributed by atoms with van der Waals surface area (Å²) >= 11 is 3.37. The van der Waals surface area contributed by atoms with Crippen LogP contribution in [0.25, 0.3) is 11.3 Å². The van der Waals surface area contributed by atoms with E-state index in [9.17, 15) is 4.39 Å². The number of likely N-dealkylation sites (N-methyl/N-ethyl adjacent to an activating group) is 1. The summed E-state index contributed by atoms with van der Waals surface area (Å²) in [7, 11) is 1.88. The number of nitrogens with zero attached hydrogens (tertiary/aromatic N) is 1. The lowest BCUT2D eigenvalue weighted by molar-refractivity contribution is 0.630. The molecule has 2 rings (SSSR count). The molecule has 17 heavy (non-hydrogen) atoms. The number of hydrogen-bond acceptors (Lipinski definition) is 2. The highest BCUT2D eigenvalue weighted by Crippen LogP contribution is 2.27. The molecule has 0 bridgehead atoms. The van der Waals surface area contributed by atoms with Gasteiger partial charge in [-0.3, -0.25) is 0 Å². The van der Waals surface area contributed by atoms with Crippen molar-refractivity contribution in [1.82, 2.24) is 15.3 Å². The maximum Gasteiger partial charge on any atom is 0.132 e. The van der Waals surface area contributed by atoms with Gasteiger partial charge in [-0.2, -0.15) is 0 Å². The van der Waals surface area contributed by atoms with Gasteiger partial charge in [0.15, 0.2) is 0 Å². The van der Waals surface area contributed by atoms with Crippen molar-refractivity contribution in [3.63, 3.8) is 0 Å². The van der Waals surface area contributed by atoms with E-state index in [1.54, 1.807) is 18.2 Å². The number of aromatic amines is 1. The molecule has 2 N–H and O–H groups in total. The third kappa shape index (κ3) is 2.73. The van der Waals surface area contributed by atoms with E-state index in [1.165, 1.54) is 6.07 Å². The number of imidazole rings is 1. The molecule has 1 aromatic heterocycles. The van der Waals surface area contributed by atoms with Crippen LogP contribution in [0.15, 0.2) is 28.9 Å². The van der Waals surface area contributed by atoms with Crippen molar-refractivity contribution in [3.8, 4) is 11.3 Å². The van der Waals surface area contributed by atoms with Crippen LogP contribution in [0.4, 0.5) is 4.39 Å². The first-order valence-corrected chi connectivity index (χ1v) is 6.15. The zero-order valence-electron chi connectivity index (χ0n) is 9.43. The fourth-order valence-electron chi connectivity index (χ4n) is 1.59. The lowest BCUT2D eigenvalue weighted by Gasteiger charge is -1.98. The zero-order chi connectivity index (χ0) is 12.3. The maximum atomic E-state index is 13.6. The van der Waals surface area contributed by atoms with Crippen LogP contribution in [0, 0.1) is 5.82 Å². The van der Waals surface area contributed by atoms with Crippen LogP contribution in [-0.2, 0) is 6.42 Å². The molecule has 0 saturated carbocycles. The van der Waals surface area contributed by atoms with Gasteiger partial charge in [0.25, 0.3) is 0 Å². The standard InChI is InChI=1S/C12H13BrFN3/c1-15-7-6-10-16-11(12(13)17-10)8-4-2-3-5-9(8)14/h2-5,15H,6-7H2,1H3,(H,16,17). The third-order valence-electron chi connectivity index (χ3n) is 2.45. The molecule has 0 aliphatic carbocycles. The summed E-state index contributed by atoms with van der Waals surface area (Å²) in [5, 5.41) is 3.05. The monoisotopic (exact) mass is 297 g/mol. The highest BCUT2D eigenvalue weighted by Gasteiger charge is 2.13. The van der Waals surface area contributed by atoms with Crippen molar-refractivity contribution in [1.29, 1.82) is 0 Å². The zero-order valence-corrected chi connectivity index (χ0v) is 11.0. The Kier molecular flexibility index (Phi) is 3.91. The number of hydrogen-bond donors (Lipinski definition) is 2. The summed E-state index contributed by atoms with van der Waals surface area (Å²) < 4.78 is 14.3. The van der Waals surface area contributed by atoms with Crippen LogP contribution in [0.1, 0.15) is 5.82 Å². The largest absolute Gasteiger partial charge is 0.336 e. The average Bonchev–Trinajstić information content (AvgIpc) is 2.68. The first kappa shape index (κ1) is 12.3. The molecule has 0 atom stereocenters. The highest BCUT2D eigenvalue weighted by molar-refractivity contribution is 9.10. The molecule has 1 heterocycles. The first-order chi connectivity index (χ1) is 8.22. The number of aromatic nitrogens is 2. The Hall–Kier alpha value is -1.20. The van der Waals surface area contributed by atoms with Gasteiger partial charge < -0.3 is 10.3 Å². The van der Waals surface area contributed by atoms with Crippen molar-refractivity contribution in [2.24, 2.45) is 0 Å². The average molecular weight is 298 g/mol. The van der Waals surface area contributed by atoms with E-state index in [-0.39, 0.29) is 5.82 Å². The minimum absolute atomic E-state index is 0.264. The van der Waals surface area contributed by atoms with Crippen LogP contribution in [0.2, 0.25) is 0 Å². The summed E-state index contributed by atoms with van der Waals surface area (Å²) in [5.41, 5.74) is 1.13. The quantitative estimate of drug-likeness (QED) is 0.911. The molecule has 0 spiro atoms. The molecule has 1 aromatic carbocycles. The van der Waals surface area contributed by atoms with Crippen molar-refractivity contribution >= 4 is 15.9 Å². The van der Waals surface area contributed by atoms with Crippen LogP contribution in [0.3, 0.4) is 0 Å². The summed E-state index contributed by atoms with van der Waals surface area (Å²) in [6, 6.07) is 6.62. The number of rotatable bonds is 4. The van der Waals surface area contributed by atoms with Gasteiger partial charge in [-0.05, 0) is 35.1 Å². The van der Waals surface area contributed by atoms with Crippen LogP contribution < -0.4 is 5.32 Å². The van der Waals surface area contributed by atoms with Crippen LogP contribution in [0.5, 0.6) is 0 Å². The topological polar surface area (TPSA) is 40.7 Å². The molecule has 3 nitrogen and oxygen atoms in total. The van der Waals surface area contributed by atoms with E-state index in [4.69, 9.17) is 0 Å². The third-order valence-corrected chi connectivity index (χ3v) is 3.02. The van der Waals surface area contributed by atoms with Gasteiger partial charge in [-0.25, -0.2) is 9.37 Å². The van der Waals surface area contributed by atoms with E-state index >= 15 is 0 Å². The molecule has 0 aliphatic heterocycles. The molecule has 90 valence electrons. The second-order valence-corrected chi connectivity index (χ2v) is 4.47. The molecule has 0 radical (unpaired) electrons. The number of H-pyrrole nitrogens is 1. The molecular formula is C12H13BrFN3. The Morgan fingerprint density at radius 1 is 1.41 bits per heavy atom. The van der Waals surface area contributed by atoms with E-state index in [0.717, 1.165) is 18.8 Å². The molecule has 0 amide bonds. The highest BCUT2D eigenvalue weighted by atomic mass is 79.9. The second kappa shape index (κ2) is 5.42. The Morgan fingerprint density at radius 2 is 2.18 bits per heavy atom.